The number of methoxy groups -OCH3 is 3. The number of fused-ring (bicyclic) bond motifs is 1. The summed E-state index contributed by atoms with van der Waals surface area (Å²) in [6.45, 7) is 3.70. The van der Waals surface area contributed by atoms with Crippen molar-refractivity contribution < 1.29 is 24.1 Å². The second-order valence-electron chi connectivity index (χ2n) is 11.7. The number of benzene rings is 2. The Labute approximate surface area is 252 Å². The van der Waals surface area contributed by atoms with Gasteiger partial charge in [0.2, 0.25) is 11.7 Å². The highest BCUT2D eigenvalue weighted by molar-refractivity contribution is 5.80. The van der Waals surface area contributed by atoms with Gasteiger partial charge in [-0.15, -0.1) is 0 Å². The minimum atomic E-state index is -0.882. The van der Waals surface area contributed by atoms with E-state index >= 15 is 0 Å². The van der Waals surface area contributed by atoms with Crippen molar-refractivity contribution >= 4 is 12.1 Å². The van der Waals surface area contributed by atoms with Crippen molar-refractivity contribution in [1.82, 2.24) is 19.7 Å². The average Bonchev–Trinajstić information content (AvgIpc) is 3.47. The number of rotatable bonds is 8. The first-order valence-corrected chi connectivity index (χ1v) is 15.0. The molecular formula is C33H41N5O5. The minimum absolute atomic E-state index is 0.0304. The van der Waals surface area contributed by atoms with Crippen LogP contribution in [0.1, 0.15) is 30.7 Å². The van der Waals surface area contributed by atoms with Crippen molar-refractivity contribution in [2.45, 2.75) is 30.8 Å². The summed E-state index contributed by atoms with van der Waals surface area (Å²) in [7, 11) is 4.78. The molecule has 3 aliphatic heterocycles. The highest BCUT2D eigenvalue weighted by atomic mass is 16.5. The fourth-order valence-corrected chi connectivity index (χ4v) is 6.73. The summed E-state index contributed by atoms with van der Waals surface area (Å²) >= 11 is 0. The molecule has 2 saturated heterocycles. The number of nitrogens with zero attached hydrogens (tertiary/aromatic N) is 4. The van der Waals surface area contributed by atoms with Crippen LogP contribution in [0.3, 0.4) is 0 Å². The van der Waals surface area contributed by atoms with Crippen LogP contribution in [0.2, 0.25) is 0 Å². The lowest BCUT2D eigenvalue weighted by Crippen LogP contribution is -2.54. The summed E-state index contributed by atoms with van der Waals surface area (Å²) < 4.78 is 18.5. The smallest absolute Gasteiger partial charge is 0.226 e. The van der Waals surface area contributed by atoms with E-state index < -0.39 is 5.60 Å². The molecule has 2 atom stereocenters. The number of hydrogen-bond acceptors (Lipinski definition) is 8. The third-order valence-electron chi connectivity index (χ3n) is 9.07. The molecule has 0 spiro atoms. The van der Waals surface area contributed by atoms with E-state index in [1.54, 1.807) is 21.3 Å². The molecule has 6 rings (SSSR count). The largest absolute Gasteiger partial charge is 0.493 e. The van der Waals surface area contributed by atoms with E-state index in [1.165, 1.54) is 5.56 Å². The van der Waals surface area contributed by atoms with Gasteiger partial charge in [0, 0.05) is 67.8 Å². The zero-order valence-electron chi connectivity index (χ0n) is 25.2. The number of ether oxygens (including phenoxy) is 3. The van der Waals surface area contributed by atoms with E-state index in [9.17, 15) is 9.90 Å². The summed E-state index contributed by atoms with van der Waals surface area (Å²) in [5.74, 6) is 2.05. The Morgan fingerprint density at radius 2 is 1.77 bits per heavy atom. The van der Waals surface area contributed by atoms with Crippen LogP contribution in [0.15, 0.2) is 59.7 Å². The monoisotopic (exact) mass is 587 g/mol. The van der Waals surface area contributed by atoms with Crippen LogP contribution >= 0.6 is 0 Å². The standard InChI is InChI=1S/C33H41N5O5/c1-41-28-17-25(18-29(42-2)30(28)43-3)38-14-10-24-20-36(22-35-31(24)38)21-33(40)11-15-37(16-12-33)32(39)26-9-13-34-19-27(26)23-7-5-4-6-8-23/h4-8,10,14,17-18,20,26-27,34,40H,9,11-13,15-16,19,21-22H2,1-3H3/t26-,27+/m1/s1. The minimum Gasteiger partial charge on any atom is -0.493 e. The highest BCUT2D eigenvalue weighted by Gasteiger charge is 2.39. The van der Waals surface area contributed by atoms with E-state index in [2.05, 4.69) is 28.5 Å². The number of carbonyl (C=O) groups is 1. The van der Waals surface area contributed by atoms with Crippen LogP contribution in [-0.2, 0) is 4.79 Å². The maximum Gasteiger partial charge on any atom is 0.226 e. The molecule has 2 fully saturated rings. The zero-order valence-corrected chi connectivity index (χ0v) is 25.2. The molecule has 2 N–H and O–H groups in total. The first-order valence-electron chi connectivity index (χ1n) is 15.0. The van der Waals surface area contributed by atoms with Crippen LogP contribution in [-0.4, -0.2) is 91.7 Å². The summed E-state index contributed by atoms with van der Waals surface area (Å²) in [5.41, 5.74) is 2.00. The predicted octanol–water partition coefficient (Wildman–Crippen LogP) is 1.88. The van der Waals surface area contributed by atoms with Gasteiger partial charge < -0.3 is 39.0 Å². The molecule has 4 heterocycles. The molecule has 228 valence electrons. The van der Waals surface area contributed by atoms with Crippen LogP contribution in [0.4, 0.5) is 0 Å². The lowest BCUT2D eigenvalue weighted by atomic mass is 9.80. The molecule has 0 saturated carbocycles. The number of hydrogen-bond donors (Lipinski definition) is 2. The number of nitrogens with one attached hydrogen (secondary N) is 1. The Kier molecular flexibility index (Phi) is 8.32. The van der Waals surface area contributed by atoms with Crippen LogP contribution in [0.25, 0.3) is 11.9 Å². The Balaban J connectivity index is 1.12. The molecular weight excluding hydrogens is 546 g/mol. The zero-order chi connectivity index (χ0) is 30.0. The van der Waals surface area contributed by atoms with E-state index in [0.29, 0.717) is 56.4 Å². The van der Waals surface area contributed by atoms with Gasteiger partial charge in [-0.25, -0.2) is 4.99 Å². The van der Waals surface area contributed by atoms with E-state index in [0.717, 1.165) is 35.9 Å². The SMILES string of the molecule is COc1cc(-n2ccc3c2=NCN(CC2(O)CCN(C(=O)[C@@H]4CCNC[C@H]4c4ccccc4)CC2)C=3)cc(OC)c1OC. The van der Waals surface area contributed by atoms with Crippen molar-refractivity contribution in [3.63, 3.8) is 0 Å². The fourth-order valence-electron chi connectivity index (χ4n) is 6.73. The molecule has 0 aliphatic carbocycles. The van der Waals surface area contributed by atoms with Crippen LogP contribution < -0.4 is 30.2 Å². The van der Waals surface area contributed by atoms with Crippen molar-refractivity contribution in [3.8, 4) is 22.9 Å². The van der Waals surface area contributed by atoms with Gasteiger partial charge in [0.25, 0.3) is 0 Å². The Morgan fingerprint density at radius 3 is 2.44 bits per heavy atom. The molecule has 0 radical (unpaired) electrons. The second kappa shape index (κ2) is 12.3. The van der Waals surface area contributed by atoms with Crippen LogP contribution in [0.5, 0.6) is 17.2 Å². The van der Waals surface area contributed by atoms with Gasteiger partial charge in [0.05, 0.1) is 32.6 Å². The van der Waals surface area contributed by atoms with E-state index in [4.69, 9.17) is 19.2 Å². The maximum absolute atomic E-state index is 13.7. The quantitative estimate of drug-likeness (QED) is 0.415. The lowest BCUT2D eigenvalue weighted by Gasteiger charge is -2.43. The first-order chi connectivity index (χ1) is 20.9. The van der Waals surface area contributed by atoms with Gasteiger partial charge in [0.1, 0.15) is 12.2 Å². The Bertz CT molecular complexity index is 1540. The molecule has 0 bridgehead atoms. The Hall–Kier alpha value is -4.02. The molecule has 1 aromatic heterocycles. The van der Waals surface area contributed by atoms with Crippen molar-refractivity contribution in [2.75, 3.05) is 60.7 Å². The average molecular weight is 588 g/mol. The molecule has 1 amide bonds. The molecule has 0 unspecified atom stereocenters. The number of carbonyl (C=O) groups excluding carboxylic acids is 1. The number of amides is 1. The van der Waals surface area contributed by atoms with Gasteiger partial charge in [-0.2, -0.15) is 0 Å². The normalized spacial score (nSPS) is 21.3. The summed E-state index contributed by atoms with van der Waals surface area (Å²) in [6, 6.07) is 16.2. The van der Waals surface area contributed by atoms with Gasteiger partial charge in [0.15, 0.2) is 11.5 Å². The number of piperidine rings is 2. The summed E-state index contributed by atoms with van der Waals surface area (Å²) in [4.78, 5) is 22.6. The highest BCUT2D eigenvalue weighted by Crippen LogP contribution is 2.39. The molecule has 43 heavy (non-hydrogen) atoms. The fraction of sp³-hybridized carbons (Fsp3) is 0.455. The van der Waals surface area contributed by atoms with E-state index in [1.807, 2.05) is 52.1 Å². The third-order valence-corrected chi connectivity index (χ3v) is 9.07. The van der Waals surface area contributed by atoms with Gasteiger partial charge in [-0.05, 0) is 37.4 Å². The topological polar surface area (TPSA) is 101 Å². The number of aliphatic hydroxyl groups is 1. The molecule has 2 aromatic carbocycles. The van der Waals surface area contributed by atoms with E-state index in [-0.39, 0.29) is 17.7 Å². The third kappa shape index (κ3) is 5.81. The predicted molar refractivity (Wildman–Crippen MR) is 163 cm³/mol. The van der Waals surface area contributed by atoms with Gasteiger partial charge in [-0.1, -0.05) is 30.3 Å². The molecule has 3 aromatic rings. The first kappa shape index (κ1) is 29.1. The van der Waals surface area contributed by atoms with Crippen LogP contribution in [0, 0.1) is 5.92 Å². The molecule has 3 aliphatic rings. The van der Waals surface area contributed by atoms with Crippen molar-refractivity contribution in [1.29, 1.82) is 0 Å². The van der Waals surface area contributed by atoms with Gasteiger partial charge in [-0.3, -0.25) is 4.79 Å². The maximum atomic E-state index is 13.7. The number of aromatic nitrogens is 1. The summed E-state index contributed by atoms with van der Waals surface area (Å²) in [6.07, 6.45) is 5.96. The van der Waals surface area contributed by atoms with Crippen molar-refractivity contribution in [3.05, 3.63) is 71.0 Å². The summed E-state index contributed by atoms with van der Waals surface area (Å²) in [5, 5.41) is 16.0. The van der Waals surface area contributed by atoms with Gasteiger partial charge >= 0.3 is 0 Å². The molecule has 10 nitrogen and oxygen atoms in total. The number of likely N-dealkylation sites (tertiary alicyclic amines) is 1. The number of β-amino-alcohol motifs (C(OH)–C–C–N with tert-alkyl or cyclic N) is 1. The lowest BCUT2D eigenvalue weighted by molar-refractivity contribution is -0.141. The Morgan fingerprint density at radius 1 is 1.05 bits per heavy atom. The van der Waals surface area contributed by atoms with Crippen molar-refractivity contribution in [2.24, 2.45) is 10.9 Å². The second-order valence-corrected chi connectivity index (χ2v) is 11.7. The molecule has 10 heteroatoms.